The minimum atomic E-state index is -3.76. The lowest BCUT2D eigenvalue weighted by Gasteiger charge is -2.21. The average Bonchev–Trinajstić information content (AvgIpc) is 2.71. The van der Waals surface area contributed by atoms with Crippen LogP contribution in [0.15, 0.2) is 42.5 Å². The van der Waals surface area contributed by atoms with Crippen LogP contribution in [0, 0.1) is 11.3 Å². The molecule has 0 aromatic heterocycles. The molecule has 29 heavy (non-hydrogen) atoms. The Kier molecular flexibility index (Phi) is 7.45. The van der Waals surface area contributed by atoms with Gasteiger partial charge in [0.15, 0.2) is 0 Å². The van der Waals surface area contributed by atoms with Gasteiger partial charge >= 0.3 is 0 Å². The van der Waals surface area contributed by atoms with Crippen LogP contribution in [0.5, 0.6) is 11.5 Å². The quantitative estimate of drug-likeness (QED) is 0.644. The van der Waals surface area contributed by atoms with Crippen molar-refractivity contribution in [3.63, 3.8) is 0 Å². The molecule has 0 aliphatic heterocycles. The highest BCUT2D eigenvalue weighted by Crippen LogP contribution is 2.29. The molecule has 0 fully saturated rings. The van der Waals surface area contributed by atoms with Crippen LogP contribution < -0.4 is 19.5 Å². The normalized spacial score (nSPS) is 11.8. The van der Waals surface area contributed by atoms with E-state index in [9.17, 15) is 13.2 Å². The van der Waals surface area contributed by atoms with Crippen LogP contribution in [0.2, 0.25) is 0 Å². The minimum Gasteiger partial charge on any atom is -0.497 e. The molecule has 9 heteroatoms. The number of carbonyl (C=O) groups is 1. The van der Waals surface area contributed by atoms with E-state index in [1.165, 1.54) is 14.2 Å². The molecule has 2 rings (SSSR count). The Morgan fingerprint density at radius 2 is 1.69 bits per heavy atom. The number of benzene rings is 2. The van der Waals surface area contributed by atoms with Crippen LogP contribution in [-0.4, -0.2) is 34.3 Å². The molecule has 0 aliphatic rings. The first-order valence-electron chi connectivity index (χ1n) is 8.86. The summed E-state index contributed by atoms with van der Waals surface area (Å²) in [6.45, 7) is 1.71. The predicted molar refractivity (Wildman–Crippen MR) is 109 cm³/mol. The molecule has 1 atom stereocenters. The fraction of sp³-hybridized carbons (Fsp3) is 0.300. The molecule has 8 nitrogen and oxygen atoms in total. The minimum absolute atomic E-state index is 0.163. The molecule has 2 N–H and O–H groups in total. The first-order chi connectivity index (χ1) is 13.8. The van der Waals surface area contributed by atoms with Crippen molar-refractivity contribution >= 4 is 21.6 Å². The number of hydrogen-bond donors (Lipinski definition) is 2. The summed E-state index contributed by atoms with van der Waals surface area (Å²) < 4.78 is 36.8. The molecule has 2 aromatic carbocycles. The number of nitrogens with zero attached hydrogens (tertiary/aromatic N) is 1. The van der Waals surface area contributed by atoms with Crippen molar-refractivity contribution < 1.29 is 22.7 Å². The van der Waals surface area contributed by atoms with E-state index in [1.807, 2.05) is 6.07 Å². The lowest BCUT2D eigenvalue weighted by molar-refractivity contribution is -0.120. The monoisotopic (exact) mass is 417 g/mol. The zero-order valence-electron chi connectivity index (χ0n) is 16.4. The maximum absolute atomic E-state index is 12.9. The molecule has 1 amide bonds. The fourth-order valence-electron chi connectivity index (χ4n) is 2.64. The van der Waals surface area contributed by atoms with Crippen LogP contribution in [0.4, 0.5) is 5.69 Å². The molecule has 0 spiro atoms. The van der Waals surface area contributed by atoms with Crippen LogP contribution in [0.25, 0.3) is 0 Å². The lowest BCUT2D eigenvalue weighted by atomic mass is 10.0. The van der Waals surface area contributed by atoms with E-state index < -0.39 is 22.0 Å². The van der Waals surface area contributed by atoms with Gasteiger partial charge in [-0.05, 0) is 48.4 Å². The van der Waals surface area contributed by atoms with Gasteiger partial charge in [-0.15, -0.1) is 0 Å². The summed E-state index contributed by atoms with van der Waals surface area (Å²) in [5.74, 6) is 0.00697. The van der Waals surface area contributed by atoms with Crippen LogP contribution in [0.1, 0.15) is 30.5 Å². The number of sulfonamides is 1. The third-order valence-corrected chi connectivity index (χ3v) is 5.48. The van der Waals surface area contributed by atoms with E-state index in [2.05, 4.69) is 10.0 Å². The maximum Gasteiger partial charge on any atom is 0.260 e. The maximum atomic E-state index is 12.9. The number of carbonyl (C=O) groups excluding carboxylic acids is 1. The van der Waals surface area contributed by atoms with Crippen molar-refractivity contribution in [3.8, 4) is 17.6 Å². The van der Waals surface area contributed by atoms with Crippen molar-refractivity contribution in [2.24, 2.45) is 0 Å². The molecular weight excluding hydrogens is 394 g/mol. The summed E-state index contributed by atoms with van der Waals surface area (Å²) >= 11 is 0. The third kappa shape index (κ3) is 6.12. The van der Waals surface area contributed by atoms with Crippen LogP contribution in [-0.2, 0) is 14.8 Å². The molecule has 0 heterocycles. The van der Waals surface area contributed by atoms with Gasteiger partial charge in [0, 0.05) is 11.8 Å². The molecule has 0 saturated heterocycles. The van der Waals surface area contributed by atoms with Crippen molar-refractivity contribution in [2.45, 2.75) is 19.4 Å². The third-order valence-electron chi connectivity index (χ3n) is 4.02. The summed E-state index contributed by atoms with van der Waals surface area (Å²) in [7, 11) is -0.804. The predicted octanol–water partition coefficient (Wildman–Crippen LogP) is 2.58. The Morgan fingerprint density at radius 3 is 2.17 bits per heavy atom. The van der Waals surface area contributed by atoms with Gasteiger partial charge in [0.1, 0.15) is 17.5 Å². The SMILES string of the molecule is CCCS(=O)(=O)NC(=O)C(Nc1ccc(C#N)cc1)c1cc(OC)cc(OC)c1. The summed E-state index contributed by atoms with van der Waals surface area (Å²) in [4.78, 5) is 12.9. The first kappa shape index (κ1) is 22.0. The van der Waals surface area contributed by atoms with Gasteiger partial charge in [-0.1, -0.05) is 6.92 Å². The van der Waals surface area contributed by atoms with Crippen molar-refractivity contribution in [2.75, 3.05) is 25.3 Å². The van der Waals surface area contributed by atoms with Gasteiger partial charge < -0.3 is 14.8 Å². The smallest absolute Gasteiger partial charge is 0.260 e. The van der Waals surface area contributed by atoms with Crippen molar-refractivity contribution in [3.05, 3.63) is 53.6 Å². The largest absolute Gasteiger partial charge is 0.497 e. The second-order valence-corrected chi connectivity index (χ2v) is 8.04. The molecular formula is C20H23N3O5S. The van der Waals surface area contributed by atoms with Crippen molar-refractivity contribution in [1.29, 1.82) is 5.26 Å². The zero-order valence-corrected chi connectivity index (χ0v) is 17.2. The standard InChI is InChI=1S/C20H23N3O5S/c1-4-9-29(25,26)23-20(24)19(22-16-7-5-14(13-21)6-8-16)15-10-17(27-2)12-18(11-15)28-3/h5-8,10-12,19,22H,4,9H2,1-3H3,(H,23,24). The van der Waals surface area contributed by atoms with E-state index in [1.54, 1.807) is 49.4 Å². The fourth-order valence-corrected chi connectivity index (χ4v) is 3.70. The van der Waals surface area contributed by atoms with Gasteiger partial charge in [-0.2, -0.15) is 5.26 Å². The van der Waals surface area contributed by atoms with Gasteiger partial charge in [-0.25, -0.2) is 8.42 Å². The number of nitriles is 1. The Balaban J connectivity index is 2.44. The number of rotatable bonds is 9. The lowest BCUT2D eigenvalue weighted by Crippen LogP contribution is -2.38. The number of anilines is 1. The van der Waals surface area contributed by atoms with Gasteiger partial charge in [0.05, 0.1) is 31.6 Å². The highest BCUT2D eigenvalue weighted by molar-refractivity contribution is 7.90. The second-order valence-electron chi connectivity index (χ2n) is 6.20. The van der Waals surface area contributed by atoms with Gasteiger partial charge in [0.25, 0.3) is 5.91 Å². The number of methoxy groups -OCH3 is 2. The number of ether oxygens (including phenoxy) is 2. The highest BCUT2D eigenvalue weighted by atomic mass is 32.2. The molecule has 0 aliphatic carbocycles. The summed E-state index contributed by atoms with van der Waals surface area (Å²) in [6, 6.07) is 12.3. The first-order valence-corrected chi connectivity index (χ1v) is 10.5. The molecule has 154 valence electrons. The number of amides is 1. The molecule has 0 bridgehead atoms. The zero-order chi connectivity index (χ0) is 21.4. The molecule has 0 saturated carbocycles. The van der Waals surface area contributed by atoms with E-state index in [0.29, 0.717) is 34.7 Å². The number of hydrogen-bond acceptors (Lipinski definition) is 7. The Labute approximate surface area is 170 Å². The summed E-state index contributed by atoms with van der Waals surface area (Å²) in [6.07, 6.45) is 0.378. The summed E-state index contributed by atoms with van der Waals surface area (Å²) in [5, 5.41) is 12.0. The topological polar surface area (TPSA) is 118 Å². The Bertz CT molecular complexity index is 976. The Morgan fingerprint density at radius 1 is 1.10 bits per heavy atom. The van der Waals surface area contributed by atoms with E-state index in [0.717, 1.165) is 0 Å². The van der Waals surface area contributed by atoms with Crippen LogP contribution >= 0.6 is 0 Å². The summed E-state index contributed by atoms with van der Waals surface area (Å²) in [5.41, 5.74) is 1.46. The van der Waals surface area contributed by atoms with Crippen LogP contribution in [0.3, 0.4) is 0 Å². The van der Waals surface area contributed by atoms with E-state index >= 15 is 0 Å². The molecule has 2 aromatic rings. The van der Waals surface area contributed by atoms with Crippen molar-refractivity contribution in [1.82, 2.24) is 4.72 Å². The van der Waals surface area contributed by atoms with Gasteiger partial charge in [-0.3, -0.25) is 9.52 Å². The Hall–Kier alpha value is -3.25. The van der Waals surface area contributed by atoms with E-state index in [-0.39, 0.29) is 5.75 Å². The van der Waals surface area contributed by atoms with Gasteiger partial charge in [0.2, 0.25) is 10.0 Å². The molecule has 0 radical (unpaired) electrons. The second kappa shape index (κ2) is 9.80. The van der Waals surface area contributed by atoms with E-state index in [4.69, 9.17) is 14.7 Å². The molecule has 1 unspecified atom stereocenters. The number of nitrogens with one attached hydrogen (secondary N) is 2. The highest BCUT2D eigenvalue weighted by Gasteiger charge is 2.26. The average molecular weight is 417 g/mol.